The van der Waals surface area contributed by atoms with E-state index < -0.39 is 5.41 Å². The van der Waals surface area contributed by atoms with Gasteiger partial charge in [-0.05, 0) is 12.8 Å². The summed E-state index contributed by atoms with van der Waals surface area (Å²) in [5, 5.41) is 14.3. The Morgan fingerprint density at radius 1 is 1.37 bits per heavy atom. The highest BCUT2D eigenvalue weighted by Gasteiger charge is 2.41. The molecule has 2 amide bonds. The second-order valence-corrected chi connectivity index (χ2v) is 4.42. The Hall–Kier alpha value is -1.79. The number of carbonyl (C=O) groups excluding carboxylic acids is 2. The Morgan fingerprint density at radius 3 is 2.26 bits per heavy atom. The molecule has 0 spiro atoms. The summed E-state index contributed by atoms with van der Waals surface area (Å²) in [4.78, 5) is 25.1. The van der Waals surface area contributed by atoms with E-state index in [1.807, 2.05) is 13.8 Å². The van der Waals surface area contributed by atoms with Crippen LogP contribution in [0.4, 0.5) is 0 Å². The van der Waals surface area contributed by atoms with Gasteiger partial charge in [0, 0.05) is 27.1 Å². The van der Waals surface area contributed by atoms with Crippen molar-refractivity contribution < 1.29 is 14.8 Å². The molecule has 0 saturated heterocycles. The summed E-state index contributed by atoms with van der Waals surface area (Å²) in [7, 11) is 3.15. The number of rotatable bonds is 7. The van der Waals surface area contributed by atoms with Crippen LogP contribution in [0.2, 0.25) is 0 Å². The molecule has 110 valence electrons. The molecule has 7 heteroatoms. The summed E-state index contributed by atoms with van der Waals surface area (Å²) in [6.07, 6.45) is 1.09. The topological polar surface area (TPSA) is 108 Å². The maximum atomic E-state index is 12.5. The van der Waals surface area contributed by atoms with Crippen molar-refractivity contribution in [1.82, 2.24) is 10.2 Å². The van der Waals surface area contributed by atoms with Gasteiger partial charge >= 0.3 is 0 Å². The zero-order chi connectivity index (χ0) is 15.1. The van der Waals surface area contributed by atoms with Crippen molar-refractivity contribution in [2.75, 3.05) is 20.6 Å². The van der Waals surface area contributed by atoms with Crippen LogP contribution >= 0.6 is 0 Å². The van der Waals surface area contributed by atoms with E-state index >= 15 is 0 Å². The van der Waals surface area contributed by atoms with Crippen molar-refractivity contribution >= 4 is 17.6 Å². The zero-order valence-electron chi connectivity index (χ0n) is 12.1. The Morgan fingerprint density at radius 2 is 1.89 bits per heavy atom. The molecule has 0 unspecified atom stereocenters. The summed E-state index contributed by atoms with van der Waals surface area (Å²) < 4.78 is 0. The van der Waals surface area contributed by atoms with E-state index in [1.54, 1.807) is 14.1 Å². The summed E-state index contributed by atoms with van der Waals surface area (Å²) in [5.74, 6) is -0.465. The molecular formula is C12H24N4O3. The molecule has 0 aliphatic rings. The van der Waals surface area contributed by atoms with E-state index in [4.69, 9.17) is 10.9 Å². The largest absolute Gasteiger partial charge is 0.409 e. The smallest absolute Gasteiger partial charge is 0.236 e. The highest BCUT2D eigenvalue weighted by Crippen LogP contribution is 2.29. The van der Waals surface area contributed by atoms with Gasteiger partial charge in [-0.1, -0.05) is 19.0 Å². The number of hydrogen-bond acceptors (Lipinski definition) is 4. The van der Waals surface area contributed by atoms with E-state index in [1.165, 1.54) is 4.90 Å². The average molecular weight is 272 g/mol. The number of hydrogen-bond donors (Lipinski definition) is 3. The van der Waals surface area contributed by atoms with E-state index in [-0.39, 0.29) is 24.1 Å². The highest BCUT2D eigenvalue weighted by molar-refractivity contribution is 6.06. The van der Waals surface area contributed by atoms with E-state index in [9.17, 15) is 9.59 Å². The fraction of sp³-hybridized carbons (Fsp3) is 0.750. The molecule has 0 aromatic carbocycles. The van der Waals surface area contributed by atoms with E-state index in [0.717, 1.165) is 0 Å². The van der Waals surface area contributed by atoms with Gasteiger partial charge in [-0.25, -0.2) is 0 Å². The Kier molecular flexibility index (Phi) is 6.89. The number of oxime groups is 1. The van der Waals surface area contributed by atoms with Gasteiger partial charge in [0.25, 0.3) is 0 Å². The van der Waals surface area contributed by atoms with Crippen LogP contribution in [0.1, 0.15) is 33.1 Å². The third-order valence-corrected chi connectivity index (χ3v) is 3.51. The van der Waals surface area contributed by atoms with Gasteiger partial charge in [-0.15, -0.1) is 0 Å². The molecule has 0 atom stereocenters. The molecule has 0 aromatic rings. The second kappa shape index (κ2) is 7.60. The quantitative estimate of drug-likeness (QED) is 0.265. The Balaban J connectivity index is 4.96. The lowest BCUT2D eigenvalue weighted by Crippen LogP contribution is -2.50. The molecule has 19 heavy (non-hydrogen) atoms. The minimum atomic E-state index is -1.01. The van der Waals surface area contributed by atoms with Gasteiger partial charge in [0.2, 0.25) is 11.8 Å². The number of nitrogens with two attached hydrogens (primary N) is 1. The number of nitrogens with zero attached hydrogens (tertiary/aromatic N) is 2. The summed E-state index contributed by atoms with van der Waals surface area (Å²) in [6, 6.07) is 0. The van der Waals surface area contributed by atoms with Crippen molar-refractivity contribution in [3.05, 3.63) is 0 Å². The molecule has 7 nitrogen and oxygen atoms in total. The van der Waals surface area contributed by atoms with Gasteiger partial charge in [0.05, 0.1) is 0 Å². The molecule has 0 heterocycles. The van der Waals surface area contributed by atoms with Crippen molar-refractivity contribution in [3.8, 4) is 0 Å². The number of nitrogens with one attached hydrogen (secondary N) is 1. The van der Waals surface area contributed by atoms with Crippen molar-refractivity contribution in [2.24, 2.45) is 16.3 Å². The monoisotopic (exact) mass is 272 g/mol. The first-order valence-electron chi connectivity index (χ1n) is 6.33. The lowest BCUT2D eigenvalue weighted by Gasteiger charge is -2.33. The van der Waals surface area contributed by atoms with Crippen LogP contribution in [0.25, 0.3) is 0 Å². The summed E-state index contributed by atoms with van der Waals surface area (Å²) in [5.41, 5.74) is 4.66. The Labute approximate surface area is 113 Å². The summed E-state index contributed by atoms with van der Waals surface area (Å²) >= 11 is 0. The van der Waals surface area contributed by atoms with E-state index in [0.29, 0.717) is 19.4 Å². The van der Waals surface area contributed by atoms with Crippen molar-refractivity contribution in [3.63, 3.8) is 0 Å². The van der Waals surface area contributed by atoms with Crippen LogP contribution in [0.5, 0.6) is 0 Å². The van der Waals surface area contributed by atoms with Crippen molar-refractivity contribution in [2.45, 2.75) is 33.1 Å². The first-order chi connectivity index (χ1) is 8.89. The van der Waals surface area contributed by atoms with Crippen LogP contribution in [0.15, 0.2) is 5.16 Å². The summed E-state index contributed by atoms with van der Waals surface area (Å²) in [6.45, 7) is 3.91. The molecule has 0 radical (unpaired) electrons. The molecular weight excluding hydrogens is 248 g/mol. The molecule has 0 aliphatic heterocycles. The van der Waals surface area contributed by atoms with Crippen LogP contribution < -0.4 is 11.1 Å². The highest BCUT2D eigenvalue weighted by atomic mass is 16.4. The minimum absolute atomic E-state index is 0.0886. The standard InChI is InChI=1S/C12H24N4O3/c1-5-12(6-2,10(13)15-19)11(18)16(4)8-7-9(17)14-3/h19H,5-8H2,1-4H3,(H2,13,15)(H,14,17). The second-order valence-electron chi connectivity index (χ2n) is 4.42. The van der Waals surface area contributed by atoms with Crippen molar-refractivity contribution in [1.29, 1.82) is 0 Å². The third kappa shape index (κ3) is 3.84. The van der Waals surface area contributed by atoms with E-state index in [2.05, 4.69) is 10.5 Å². The van der Waals surface area contributed by atoms with Gasteiger partial charge in [0.1, 0.15) is 5.41 Å². The lowest BCUT2D eigenvalue weighted by atomic mass is 9.79. The van der Waals surface area contributed by atoms with Crippen LogP contribution in [0.3, 0.4) is 0 Å². The molecule has 0 aliphatic carbocycles. The number of amidine groups is 1. The molecule has 0 rings (SSSR count). The number of amides is 2. The zero-order valence-corrected chi connectivity index (χ0v) is 12.1. The third-order valence-electron chi connectivity index (χ3n) is 3.51. The van der Waals surface area contributed by atoms with Gasteiger partial charge in [-0.3, -0.25) is 9.59 Å². The Bertz CT molecular complexity index is 351. The first-order valence-corrected chi connectivity index (χ1v) is 6.33. The molecule has 4 N–H and O–H groups in total. The normalized spacial score (nSPS) is 12.1. The molecule has 0 aromatic heterocycles. The maximum absolute atomic E-state index is 12.5. The van der Waals surface area contributed by atoms with Crippen LogP contribution in [0, 0.1) is 5.41 Å². The average Bonchev–Trinajstić information content (AvgIpc) is 2.45. The van der Waals surface area contributed by atoms with Gasteiger partial charge in [0.15, 0.2) is 5.84 Å². The van der Waals surface area contributed by atoms with Gasteiger partial charge in [-0.2, -0.15) is 0 Å². The predicted octanol–water partition coefficient (Wildman–Crippen LogP) is 0.134. The fourth-order valence-corrected chi connectivity index (χ4v) is 1.98. The predicted molar refractivity (Wildman–Crippen MR) is 72.7 cm³/mol. The molecule has 0 fully saturated rings. The molecule has 0 bridgehead atoms. The SMILES string of the molecule is CCC(CC)(C(=O)N(C)CCC(=O)NC)C(N)=NO. The van der Waals surface area contributed by atoms with Crippen LogP contribution in [-0.4, -0.2) is 48.4 Å². The maximum Gasteiger partial charge on any atom is 0.236 e. The van der Waals surface area contributed by atoms with Crippen LogP contribution in [-0.2, 0) is 9.59 Å². The molecule has 0 saturated carbocycles. The number of carbonyl (C=O) groups is 2. The fourth-order valence-electron chi connectivity index (χ4n) is 1.98. The first kappa shape index (κ1) is 17.2. The van der Waals surface area contributed by atoms with Gasteiger partial charge < -0.3 is 21.2 Å². The minimum Gasteiger partial charge on any atom is -0.409 e. The lowest BCUT2D eigenvalue weighted by molar-refractivity contribution is -0.137.